The number of nitrogens with zero attached hydrogens (tertiary/aromatic N) is 3. The van der Waals surface area contributed by atoms with Crippen LogP contribution < -0.4 is 0 Å². The second kappa shape index (κ2) is 4.06. The van der Waals surface area contributed by atoms with E-state index in [0.717, 1.165) is 25.8 Å². The molecule has 3 rings (SSSR count). The van der Waals surface area contributed by atoms with E-state index in [1.807, 2.05) is 22.9 Å². The van der Waals surface area contributed by atoms with Gasteiger partial charge in [-0.15, -0.1) is 0 Å². The number of aromatic nitrogens is 2. The normalized spacial score (nSPS) is 13.4. The highest BCUT2D eigenvalue weighted by atomic mass is 15.3. The van der Waals surface area contributed by atoms with E-state index in [-0.39, 0.29) is 0 Å². The molecule has 0 N–H and O–H groups in total. The quantitative estimate of drug-likeness (QED) is 0.783. The molecule has 0 bridgehead atoms. The van der Waals surface area contributed by atoms with Gasteiger partial charge in [-0.1, -0.05) is 30.3 Å². The Balaban J connectivity index is 1.97. The zero-order chi connectivity index (χ0) is 11.7. The van der Waals surface area contributed by atoms with Gasteiger partial charge in [0.1, 0.15) is 6.07 Å². The molecule has 3 heteroatoms. The third kappa shape index (κ3) is 1.72. The van der Waals surface area contributed by atoms with E-state index in [1.54, 1.807) is 0 Å². The van der Waals surface area contributed by atoms with Crippen LogP contribution in [-0.4, -0.2) is 9.78 Å². The first-order valence-corrected chi connectivity index (χ1v) is 5.91. The highest BCUT2D eigenvalue weighted by molar-refractivity contribution is 5.38. The van der Waals surface area contributed by atoms with Gasteiger partial charge in [0.15, 0.2) is 5.69 Å². The largest absolute Gasteiger partial charge is 0.264 e. The van der Waals surface area contributed by atoms with Gasteiger partial charge in [-0.2, -0.15) is 10.4 Å². The summed E-state index contributed by atoms with van der Waals surface area (Å²) in [7, 11) is 0. The lowest BCUT2D eigenvalue weighted by Gasteiger charge is -2.05. The molecular weight excluding hydrogens is 210 g/mol. The van der Waals surface area contributed by atoms with Gasteiger partial charge in [0, 0.05) is 11.3 Å². The van der Waals surface area contributed by atoms with Crippen molar-refractivity contribution in [3.8, 4) is 6.07 Å². The van der Waals surface area contributed by atoms with Gasteiger partial charge in [0.25, 0.3) is 0 Å². The molecule has 3 nitrogen and oxygen atoms in total. The van der Waals surface area contributed by atoms with E-state index >= 15 is 0 Å². The van der Waals surface area contributed by atoms with Gasteiger partial charge in [-0.3, -0.25) is 4.68 Å². The van der Waals surface area contributed by atoms with E-state index in [9.17, 15) is 0 Å². The Labute approximate surface area is 100 Å². The Morgan fingerprint density at radius 1 is 1.24 bits per heavy atom. The topological polar surface area (TPSA) is 41.6 Å². The van der Waals surface area contributed by atoms with Gasteiger partial charge >= 0.3 is 0 Å². The molecule has 0 fully saturated rings. The highest BCUT2D eigenvalue weighted by Crippen LogP contribution is 2.25. The summed E-state index contributed by atoms with van der Waals surface area (Å²) in [4.78, 5) is 0. The summed E-state index contributed by atoms with van der Waals surface area (Å²) in [6, 6.07) is 12.5. The second-order valence-electron chi connectivity index (χ2n) is 4.38. The van der Waals surface area contributed by atoms with E-state index in [2.05, 4.69) is 23.3 Å². The fourth-order valence-electron chi connectivity index (χ4n) is 2.49. The van der Waals surface area contributed by atoms with Crippen LogP contribution in [0.25, 0.3) is 0 Å². The van der Waals surface area contributed by atoms with Crippen molar-refractivity contribution >= 4 is 0 Å². The number of fused-ring (bicyclic) bond motifs is 1. The van der Waals surface area contributed by atoms with E-state index in [0.29, 0.717) is 5.69 Å². The third-order valence-electron chi connectivity index (χ3n) is 3.29. The average Bonchev–Trinajstić information content (AvgIpc) is 2.94. The van der Waals surface area contributed by atoms with Crippen molar-refractivity contribution in [1.82, 2.24) is 9.78 Å². The maximum absolute atomic E-state index is 9.06. The van der Waals surface area contributed by atoms with Gasteiger partial charge < -0.3 is 0 Å². The first-order valence-electron chi connectivity index (χ1n) is 5.91. The number of hydrogen-bond acceptors (Lipinski definition) is 2. The molecule has 17 heavy (non-hydrogen) atoms. The van der Waals surface area contributed by atoms with Crippen molar-refractivity contribution in [2.45, 2.75) is 25.8 Å². The van der Waals surface area contributed by atoms with Crippen LogP contribution in [0, 0.1) is 11.3 Å². The minimum Gasteiger partial charge on any atom is -0.264 e. The summed E-state index contributed by atoms with van der Waals surface area (Å²) in [6.45, 7) is 0.769. The molecule has 0 amide bonds. The molecule has 1 aromatic heterocycles. The van der Waals surface area contributed by atoms with Crippen molar-refractivity contribution < 1.29 is 0 Å². The first kappa shape index (κ1) is 10.1. The molecule has 1 aromatic carbocycles. The van der Waals surface area contributed by atoms with Gasteiger partial charge in [0.05, 0.1) is 6.54 Å². The summed E-state index contributed by atoms with van der Waals surface area (Å²) in [5.74, 6) is 0. The predicted octanol–water partition coefficient (Wildman–Crippen LogP) is 2.29. The van der Waals surface area contributed by atoms with Gasteiger partial charge in [-0.25, -0.2) is 0 Å². The van der Waals surface area contributed by atoms with Crippen LogP contribution in [0.4, 0.5) is 0 Å². The molecule has 0 atom stereocenters. The van der Waals surface area contributed by atoms with Crippen molar-refractivity contribution in [3.05, 3.63) is 52.8 Å². The van der Waals surface area contributed by atoms with Crippen molar-refractivity contribution in [2.24, 2.45) is 0 Å². The van der Waals surface area contributed by atoms with Crippen molar-refractivity contribution in [3.63, 3.8) is 0 Å². The number of rotatable bonds is 2. The van der Waals surface area contributed by atoms with E-state index in [4.69, 9.17) is 5.26 Å². The molecule has 0 saturated heterocycles. The lowest BCUT2D eigenvalue weighted by atomic mass is 10.2. The van der Waals surface area contributed by atoms with Crippen LogP contribution >= 0.6 is 0 Å². The van der Waals surface area contributed by atoms with Crippen LogP contribution in [0.2, 0.25) is 0 Å². The maximum atomic E-state index is 9.06. The van der Waals surface area contributed by atoms with Crippen LogP contribution in [0.1, 0.15) is 28.9 Å². The zero-order valence-electron chi connectivity index (χ0n) is 9.56. The molecule has 84 valence electrons. The van der Waals surface area contributed by atoms with Crippen LogP contribution in [0.3, 0.4) is 0 Å². The lowest BCUT2D eigenvalue weighted by Crippen LogP contribution is -2.05. The second-order valence-corrected chi connectivity index (χ2v) is 4.38. The standard InChI is InChI=1S/C14H13N3/c15-9-13-12-7-4-8-14(12)17(16-13)10-11-5-2-1-3-6-11/h1-3,5-6H,4,7-8,10H2. The molecule has 0 spiro atoms. The minimum absolute atomic E-state index is 0.619. The number of nitriles is 1. The summed E-state index contributed by atoms with van der Waals surface area (Å²) >= 11 is 0. The molecule has 1 aliphatic carbocycles. The molecule has 1 aliphatic rings. The molecule has 0 radical (unpaired) electrons. The Hall–Kier alpha value is -2.08. The monoisotopic (exact) mass is 223 g/mol. The van der Waals surface area contributed by atoms with E-state index in [1.165, 1.54) is 16.8 Å². The summed E-state index contributed by atoms with van der Waals surface area (Å²) in [6.07, 6.45) is 3.21. The fourth-order valence-corrected chi connectivity index (χ4v) is 2.49. The molecule has 1 heterocycles. The molecule has 0 aliphatic heterocycles. The Morgan fingerprint density at radius 2 is 2.06 bits per heavy atom. The summed E-state index contributed by atoms with van der Waals surface area (Å²) < 4.78 is 2.00. The summed E-state index contributed by atoms with van der Waals surface area (Å²) in [5.41, 5.74) is 4.27. The van der Waals surface area contributed by atoms with Gasteiger partial charge in [-0.05, 0) is 24.8 Å². The average molecular weight is 223 g/mol. The fraction of sp³-hybridized carbons (Fsp3) is 0.286. The molecule has 2 aromatic rings. The van der Waals surface area contributed by atoms with Crippen LogP contribution in [0.15, 0.2) is 30.3 Å². The zero-order valence-corrected chi connectivity index (χ0v) is 9.56. The smallest absolute Gasteiger partial charge is 0.165 e. The summed E-state index contributed by atoms with van der Waals surface area (Å²) in [5, 5.41) is 13.5. The van der Waals surface area contributed by atoms with Gasteiger partial charge in [0.2, 0.25) is 0 Å². The highest BCUT2D eigenvalue weighted by Gasteiger charge is 2.21. The maximum Gasteiger partial charge on any atom is 0.165 e. The molecule has 0 saturated carbocycles. The SMILES string of the molecule is N#Cc1nn(Cc2ccccc2)c2c1CCC2. The van der Waals surface area contributed by atoms with Crippen LogP contribution in [0.5, 0.6) is 0 Å². The number of benzene rings is 1. The minimum atomic E-state index is 0.619. The first-order chi connectivity index (χ1) is 8.38. The lowest BCUT2D eigenvalue weighted by molar-refractivity contribution is 0.641. The predicted molar refractivity (Wildman–Crippen MR) is 64.5 cm³/mol. The van der Waals surface area contributed by atoms with Crippen molar-refractivity contribution in [1.29, 1.82) is 5.26 Å². The Morgan fingerprint density at radius 3 is 2.82 bits per heavy atom. The molecular formula is C14H13N3. The van der Waals surface area contributed by atoms with E-state index < -0.39 is 0 Å². The third-order valence-corrected chi connectivity index (χ3v) is 3.29. The Kier molecular flexibility index (Phi) is 2.41. The molecule has 0 unspecified atom stereocenters. The van der Waals surface area contributed by atoms with Crippen molar-refractivity contribution in [2.75, 3.05) is 0 Å². The van der Waals surface area contributed by atoms with Crippen LogP contribution in [-0.2, 0) is 19.4 Å². The number of hydrogen-bond donors (Lipinski definition) is 0. The Bertz CT molecular complexity index is 576.